The molecule has 0 aliphatic heterocycles. The first-order valence-corrected chi connectivity index (χ1v) is 6.12. The molecule has 3 heteroatoms. The van der Waals surface area contributed by atoms with E-state index in [9.17, 15) is 4.39 Å². The standard InChI is InChI=1S/C14H18FN2/c1-2-4-14(16)12-8-7-11(9-13(12)15)17-10-5-3-6-10/h2,7-10,16-17H,3-6H2,1H3. The predicted octanol–water partition coefficient (Wildman–Crippen LogP) is 3.77. The van der Waals surface area contributed by atoms with Crippen LogP contribution >= 0.6 is 0 Å². The summed E-state index contributed by atoms with van der Waals surface area (Å²) < 4.78 is 13.8. The molecule has 2 rings (SSSR count). The fourth-order valence-corrected chi connectivity index (χ4v) is 1.95. The number of benzene rings is 1. The Morgan fingerprint density at radius 3 is 2.82 bits per heavy atom. The maximum Gasteiger partial charge on any atom is 0.134 e. The van der Waals surface area contributed by atoms with Crippen LogP contribution in [0.3, 0.4) is 0 Å². The number of hydrogen-bond acceptors (Lipinski definition) is 2. The van der Waals surface area contributed by atoms with Gasteiger partial charge >= 0.3 is 0 Å². The molecule has 0 atom stereocenters. The molecule has 1 radical (unpaired) electrons. The summed E-state index contributed by atoms with van der Waals surface area (Å²) in [6.45, 7) is 1.87. The van der Waals surface area contributed by atoms with Gasteiger partial charge in [0.1, 0.15) is 5.82 Å². The zero-order valence-electron chi connectivity index (χ0n) is 10.1. The van der Waals surface area contributed by atoms with Crippen LogP contribution in [0.4, 0.5) is 10.1 Å². The monoisotopic (exact) mass is 233 g/mol. The van der Waals surface area contributed by atoms with Crippen LogP contribution < -0.4 is 5.32 Å². The van der Waals surface area contributed by atoms with Gasteiger partial charge in [-0.2, -0.15) is 0 Å². The summed E-state index contributed by atoms with van der Waals surface area (Å²) in [4.78, 5) is 0. The predicted molar refractivity (Wildman–Crippen MR) is 69.1 cm³/mol. The zero-order valence-corrected chi connectivity index (χ0v) is 10.1. The molecule has 1 aromatic carbocycles. The average Bonchev–Trinajstić information content (AvgIpc) is 2.24. The van der Waals surface area contributed by atoms with E-state index in [-0.39, 0.29) is 5.82 Å². The van der Waals surface area contributed by atoms with Crippen LogP contribution in [0, 0.1) is 17.6 Å². The summed E-state index contributed by atoms with van der Waals surface area (Å²) >= 11 is 0. The maximum atomic E-state index is 13.8. The molecule has 1 aliphatic rings. The van der Waals surface area contributed by atoms with Crippen molar-refractivity contribution >= 4 is 11.4 Å². The van der Waals surface area contributed by atoms with Gasteiger partial charge in [0.15, 0.2) is 0 Å². The van der Waals surface area contributed by atoms with Gasteiger partial charge in [0, 0.05) is 23.0 Å². The third-order valence-electron chi connectivity index (χ3n) is 3.18. The van der Waals surface area contributed by atoms with E-state index < -0.39 is 0 Å². The van der Waals surface area contributed by atoms with Gasteiger partial charge in [-0.3, -0.25) is 0 Å². The Morgan fingerprint density at radius 1 is 1.53 bits per heavy atom. The van der Waals surface area contributed by atoms with Gasteiger partial charge in [0.05, 0.1) is 0 Å². The zero-order chi connectivity index (χ0) is 12.3. The van der Waals surface area contributed by atoms with E-state index in [0.29, 0.717) is 23.7 Å². The highest BCUT2D eigenvalue weighted by atomic mass is 19.1. The quantitative estimate of drug-likeness (QED) is 0.746. The first-order valence-electron chi connectivity index (χ1n) is 6.12. The van der Waals surface area contributed by atoms with Gasteiger partial charge in [-0.1, -0.05) is 6.92 Å². The highest BCUT2D eigenvalue weighted by Gasteiger charge is 2.17. The van der Waals surface area contributed by atoms with Crippen molar-refractivity contribution in [2.75, 3.05) is 5.32 Å². The third kappa shape index (κ3) is 2.84. The van der Waals surface area contributed by atoms with Gasteiger partial charge in [0.25, 0.3) is 0 Å². The van der Waals surface area contributed by atoms with Crippen molar-refractivity contribution in [2.24, 2.45) is 0 Å². The smallest absolute Gasteiger partial charge is 0.134 e. The second-order valence-electron chi connectivity index (χ2n) is 4.56. The summed E-state index contributed by atoms with van der Waals surface area (Å²) in [5.74, 6) is -0.304. The van der Waals surface area contributed by atoms with E-state index in [4.69, 9.17) is 5.41 Å². The second kappa shape index (κ2) is 5.30. The molecule has 0 heterocycles. The van der Waals surface area contributed by atoms with Crippen LogP contribution in [0.5, 0.6) is 0 Å². The maximum absolute atomic E-state index is 13.8. The topological polar surface area (TPSA) is 35.9 Å². The van der Waals surface area contributed by atoms with Crippen LogP contribution in [0.2, 0.25) is 0 Å². The van der Waals surface area contributed by atoms with Crippen molar-refractivity contribution in [2.45, 2.75) is 38.6 Å². The Bertz CT molecular complexity index is 411. The Morgan fingerprint density at radius 2 is 2.29 bits per heavy atom. The van der Waals surface area contributed by atoms with Crippen molar-refractivity contribution in [1.29, 1.82) is 5.41 Å². The molecule has 0 saturated heterocycles. The Balaban J connectivity index is 2.07. The average molecular weight is 233 g/mol. The molecule has 1 saturated carbocycles. The van der Waals surface area contributed by atoms with Gasteiger partial charge in [-0.25, -0.2) is 4.39 Å². The lowest BCUT2D eigenvalue weighted by Gasteiger charge is -2.27. The molecule has 0 amide bonds. The molecule has 2 nitrogen and oxygen atoms in total. The Kier molecular flexibility index (Phi) is 3.77. The number of hydrogen-bond donors (Lipinski definition) is 2. The molecule has 1 aromatic rings. The fraction of sp³-hybridized carbons (Fsp3) is 0.429. The number of halogens is 1. The molecule has 1 fully saturated rings. The molecule has 1 aliphatic carbocycles. The van der Waals surface area contributed by atoms with Gasteiger partial charge in [-0.05, 0) is 50.3 Å². The summed E-state index contributed by atoms with van der Waals surface area (Å²) in [6, 6.07) is 5.56. The van der Waals surface area contributed by atoms with Gasteiger partial charge in [0.2, 0.25) is 0 Å². The lowest BCUT2D eigenvalue weighted by molar-refractivity contribution is 0.445. The fourth-order valence-electron chi connectivity index (χ4n) is 1.95. The highest BCUT2D eigenvalue weighted by molar-refractivity contribution is 5.99. The first kappa shape index (κ1) is 12.1. The van der Waals surface area contributed by atoms with E-state index in [1.54, 1.807) is 6.07 Å². The van der Waals surface area contributed by atoms with Crippen molar-refractivity contribution < 1.29 is 4.39 Å². The van der Waals surface area contributed by atoms with E-state index in [2.05, 4.69) is 5.32 Å². The Hall–Kier alpha value is -1.38. The Labute approximate surface area is 102 Å². The third-order valence-corrected chi connectivity index (χ3v) is 3.18. The summed E-state index contributed by atoms with van der Waals surface area (Å²) in [5, 5.41) is 11.0. The number of rotatable bonds is 5. The normalized spacial score (nSPS) is 15.4. The second-order valence-corrected chi connectivity index (χ2v) is 4.56. The molecule has 17 heavy (non-hydrogen) atoms. The van der Waals surface area contributed by atoms with E-state index in [1.807, 2.05) is 19.4 Å². The molecule has 0 unspecified atom stereocenters. The SMILES string of the molecule is C[CH]CC(=N)c1ccc(NC2CCC2)cc1F. The molecular weight excluding hydrogens is 215 g/mol. The largest absolute Gasteiger partial charge is 0.382 e. The van der Waals surface area contributed by atoms with Crippen molar-refractivity contribution in [1.82, 2.24) is 0 Å². The van der Waals surface area contributed by atoms with Crippen LogP contribution in [0.25, 0.3) is 0 Å². The molecular formula is C14H18FN2. The van der Waals surface area contributed by atoms with Crippen LogP contribution in [-0.4, -0.2) is 11.8 Å². The minimum absolute atomic E-state index is 0.304. The van der Waals surface area contributed by atoms with Crippen LogP contribution in [-0.2, 0) is 0 Å². The van der Waals surface area contributed by atoms with E-state index >= 15 is 0 Å². The van der Waals surface area contributed by atoms with Gasteiger partial charge < -0.3 is 10.7 Å². The van der Waals surface area contributed by atoms with E-state index in [1.165, 1.54) is 25.3 Å². The highest BCUT2D eigenvalue weighted by Crippen LogP contribution is 2.24. The first-order chi connectivity index (χ1) is 8.20. The van der Waals surface area contributed by atoms with Crippen LogP contribution in [0.1, 0.15) is 38.2 Å². The lowest BCUT2D eigenvalue weighted by atomic mass is 9.93. The van der Waals surface area contributed by atoms with E-state index in [0.717, 1.165) is 5.69 Å². The van der Waals surface area contributed by atoms with Crippen molar-refractivity contribution in [3.8, 4) is 0 Å². The van der Waals surface area contributed by atoms with Crippen LogP contribution in [0.15, 0.2) is 18.2 Å². The molecule has 0 bridgehead atoms. The van der Waals surface area contributed by atoms with Crippen molar-refractivity contribution in [3.05, 3.63) is 36.0 Å². The number of anilines is 1. The summed E-state index contributed by atoms with van der Waals surface area (Å²) in [7, 11) is 0. The number of nitrogens with one attached hydrogen (secondary N) is 2. The van der Waals surface area contributed by atoms with Gasteiger partial charge in [-0.15, -0.1) is 0 Å². The molecule has 0 spiro atoms. The molecule has 91 valence electrons. The van der Waals surface area contributed by atoms with Crippen molar-refractivity contribution in [3.63, 3.8) is 0 Å². The summed E-state index contributed by atoms with van der Waals surface area (Å²) in [6.07, 6.45) is 5.97. The molecule has 2 N–H and O–H groups in total. The molecule has 0 aromatic heterocycles. The minimum atomic E-state index is -0.304. The minimum Gasteiger partial charge on any atom is -0.382 e. The lowest BCUT2D eigenvalue weighted by Crippen LogP contribution is -2.27. The summed E-state index contributed by atoms with van der Waals surface area (Å²) in [5.41, 5.74) is 1.56.